The number of amides is 1. The van der Waals surface area contributed by atoms with Crippen LogP contribution in [-0.2, 0) is 16.1 Å². The van der Waals surface area contributed by atoms with Crippen LogP contribution in [-0.4, -0.2) is 54.7 Å². The van der Waals surface area contributed by atoms with E-state index in [9.17, 15) is 14.7 Å². The topological polar surface area (TPSA) is 101 Å². The summed E-state index contributed by atoms with van der Waals surface area (Å²) in [4.78, 5) is 26.3. The third-order valence-electron chi connectivity index (χ3n) is 4.15. The third-order valence-corrected chi connectivity index (χ3v) is 4.15. The molecule has 0 aliphatic carbocycles. The molecule has 0 saturated carbocycles. The highest BCUT2D eigenvalue weighted by atomic mass is 16.4. The highest BCUT2D eigenvalue weighted by Gasteiger charge is 2.32. The Labute approximate surface area is 139 Å². The van der Waals surface area contributed by atoms with Gasteiger partial charge in [-0.25, -0.2) is 4.79 Å². The summed E-state index contributed by atoms with van der Waals surface area (Å²) in [5.74, 6) is -0.818. The van der Waals surface area contributed by atoms with Crippen molar-refractivity contribution in [3.63, 3.8) is 0 Å². The molecule has 1 aliphatic rings. The second-order valence-corrected chi connectivity index (χ2v) is 5.95. The van der Waals surface area contributed by atoms with E-state index < -0.39 is 12.0 Å². The van der Waals surface area contributed by atoms with Crippen molar-refractivity contribution >= 4 is 11.9 Å². The minimum absolute atomic E-state index is 0.108. The Kier molecular flexibility index (Phi) is 4.54. The summed E-state index contributed by atoms with van der Waals surface area (Å²) < 4.78 is 0. The van der Waals surface area contributed by atoms with Gasteiger partial charge in [0.1, 0.15) is 12.6 Å². The zero-order valence-electron chi connectivity index (χ0n) is 13.4. The Balaban J connectivity index is 1.70. The predicted octanol–water partition coefficient (Wildman–Crippen LogP) is 1.11. The molecule has 3 rings (SSSR count). The van der Waals surface area contributed by atoms with E-state index in [1.54, 1.807) is 0 Å². The van der Waals surface area contributed by atoms with Crippen molar-refractivity contribution < 1.29 is 14.7 Å². The van der Waals surface area contributed by atoms with Gasteiger partial charge < -0.3 is 10.0 Å². The maximum atomic E-state index is 12.4. The molecular weight excluding hydrogens is 310 g/mol. The van der Waals surface area contributed by atoms with Crippen LogP contribution in [0.25, 0.3) is 11.4 Å². The van der Waals surface area contributed by atoms with E-state index in [1.165, 1.54) is 9.70 Å². The quantitative estimate of drug-likeness (QED) is 0.902. The number of aromatic nitrogens is 4. The van der Waals surface area contributed by atoms with Gasteiger partial charge in [-0.05, 0) is 31.4 Å². The SMILES string of the molecule is Cc1ccc(-c2nnn(CC(=O)N3CCCC[C@@H]3C(=O)O)n2)cc1. The molecule has 8 nitrogen and oxygen atoms in total. The van der Waals surface area contributed by atoms with Crippen LogP contribution in [0.4, 0.5) is 0 Å². The van der Waals surface area contributed by atoms with E-state index in [0.29, 0.717) is 18.8 Å². The third kappa shape index (κ3) is 3.42. The zero-order valence-corrected chi connectivity index (χ0v) is 13.4. The predicted molar refractivity (Wildman–Crippen MR) is 85.0 cm³/mol. The number of likely N-dealkylation sites (tertiary alicyclic amines) is 1. The molecule has 0 radical (unpaired) electrons. The number of hydrogen-bond acceptors (Lipinski definition) is 5. The fraction of sp³-hybridized carbons (Fsp3) is 0.438. The number of hydrogen-bond donors (Lipinski definition) is 1. The van der Waals surface area contributed by atoms with Gasteiger partial charge in [0.05, 0.1) is 0 Å². The van der Waals surface area contributed by atoms with Gasteiger partial charge in [0.25, 0.3) is 0 Å². The standard InChI is InChI=1S/C16H19N5O3/c1-11-5-7-12(8-6-11)15-17-19-21(18-15)10-14(22)20-9-3-2-4-13(20)16(23)24/h5-8,13H,2-4,9-10H2,1H3,(H,23,24)/t13-/m1/s1. The monoisotopic (exact) mass is 329 g/mol. The van der Waals surface area contributed by atoms with E-state index in [1.807, 2.05) is 31.2 Å². The Bertz CT molecular complexity index is 740. The first-order chi connectivity index (χ1) is 11.5. The molecule has 0 bridgehead atoms. The van der Waals surface area contributed by atoms with Gasteiger partial charge in [-0.3, -0.25) is 4.79 Å². The first-order valence-corrected chi connectivity index (χ1v) is 7.92. The minimum atomic E-state index is -0.963. The molecule has 1 atom stereocenters. The second-order valence-electron chi connectivity index (χ2n) is 5.95. The number of carboxylic acid groups (broad SMARTS) is 1. The summed E-state index contributed by atoms with van der Waals surface area (Å²) in [5.41, 5.74) is 1.95. The summed E-state index contributed by atoms with van der Waals surface area (Å²) in [7, 11) is 0. The Morgan fingerprint density at radius 3 is 2.71 bits per heavy atom. The summed E-state index contributed by atoms with van der Waals surface area (Å²) in [6, 6.07) is 6.93. The lowest BCUT2D eigenvalue weighted by molar-refractivity contribution is -0.152. The molecule has 0 spiro atoms. The molecule has 1 aromatic heterocycles. The number of aliphatic carboxylic acids is 1. The van der Waals surface area contributed by atoms with Gasteiger partial charge in [-0.1, -0.05) is 29.8 Å². The fourth-order valence-corrected chi connectivity index (χ4v) is 2.83. The molecule has 24 heavy (non-hydrogen) atoms. The smallest absolute Gasteiger partial charge is 0.326 e. The number of piperidine rings is 1. The van der Waals surface area contributed by atoms with Crippen LogP contribution in [0.5, 0.6) is 0 Å². The van der Waals surface area contributed by atoms with E-state index in [0.717, 1.165) is 24.0 Å². The number of tetrazole rings is 1. The lowest BCUT2D eigenvalue weighted by atomic mass is 10.0. The van der Waals surface area contributed by atoms with Gasteiger partial charge >= 0.3 is 5.97 Å². The lowest BCUT2D eigenvalue weighted by Gasteiger charge is -2.32. The molecule has 1 aromatic carbocycles. The molecule has 1 fully saturated rings. The van der Waals surface area contributed by atoms with Crippen LogP contribution in [0.1, 0.15) is 24.8 Å². The summed E-state index contributed by atoms with van der Waals surface area (Å²) >= 11 is 0. The molecule has 126 valence electrons. The van der Waals surface area contributed by atoms with Crippen LogP contribution in [0.3, 0.4) is 0 Å². The van der Waals surface area contributed by atoms with Gasteiger partial charge in [0, 0.05) is 12.1 Å². The van der Waals surface area contributed by atoms with E-state index >= 15 is 0 Å². The molecule has 1 aliphatic heterocycles. The Morgan fingerprint density at radius 1 is 1.25 bits per heavy atom. The Morgan fingerprint density at radius 2 is 2.00 bits per heavy atom. The number of carboxylic acids is 1. The van der Waals surface area contributed by atoms with Crippen LogP contribution in [0.15, 0.2) is 24.3 Å². The fourth-order valence-electron chi connectivity index (χ4n) is 2.83. The average molecular weight is 329 g/mol. The van der Waals surface area contributed by atoms with E-state index in [-0.39, 0.29) is 12.5 Å². The summed E-state index contributed by atoms with van der Waals surface area (Å²) in [6.45, 7) is 2.34. The molecule has 8 heteroatoms. The van der Waals surface area contributed by atoms with Crippen molar-refractivity contribution in [3.8, 4) is 11.4 Å². The van der Waals surface area contributed by atoms with E-state index in [2.05, 4.69) is 15.4 Å². The molecule has 2 aromatic rings. The number of carbonyl (C=O) groups is 2. The Hall–Kier alpha value is -2.77. The zero-order chi connectivity index (χ0) is 17.1. The van der Waals surface area contributed by atoms with Crippen molar-refractivity contribution in [1.29, 1.82) is 0 Å². The van der Waals surface area contributed by atoms with Crippen molar-refractivity contribution in [2.75, 3.05) is 6.54 Å². The van der Waals surface area contributed by atoms with Crippen molar-refractivity contribution in [2.45, 2.75) is 38.8 Å². The highest BCUT2D eigenvalue weighted by Crippen LogP contribution is 2.18. The molecule has 1 amide bonds. The molecule has 1 saturated heterocycles. The first kappa shape index (κ1) is 16.1. The lowest BCUT2D eigenvalue weighted by Crippen LogP contribution is -2.49. The molecule has 2 heterocycles. The second kappa shape index (κ2) is 6.77. The maximum Gasteiger partial charge on any atom is 0.326 e. The molecule has 1 N–H and O–H groups in total. The average Bonchev–Trinajstić information content (AvgIpc) is 3.04. The normalized spacial score (nSPS) is 17.7. The van der Waals surface area contributed by atoms with Gasteiger partial charge in [0.2, 0.25) is 11.7 Å². The minimum Gasteiger partial charge on any atom is -0.480 e. The number of rotatable bonds is 4. The largest absolute Gasteiger partial charge is 0.480 e. The number of nitrogens with zero attached hydrogens (tertiary/aromatic N) is 5. The highest BCUT2D eigenvalue weighted by molar-refractivity contribution is 5.83. The first-order valence-electron chi connectivity index (χ1n) is 7.92. The van der Waals surface area contributed by atoms with Gasteiger partial charge in [0.15, 0.2) is 0 Å². The number of carbonyl (C=O) groups excluding carboxylic acids is 1. The molecule has 0 unspecified atom stereocenters. The molecular formula is C16H19N5O3. The summed E-state index contributed by atoms with van der Waals surface area (Å²) in [5, 5.41) is 21.3. The van der Waals surface area contributed by atoms with Crippen LogP contribution in [0, 0.1) is 6.92 Å². The van der Waals surface area contributed by atoms with Crippen molar-refractivity contribution in [2.24, 2.45) is 0 Å². The van der Waals surface area contributed by atoms with Crippen molar-refractivity contribution in [3.05, 3.63) is 29.8 Å². The van der Waals surface area contributed by atoms with Crippen molar-refractivity contribution in [1.82, 2.24) is 25.1 Å². The number of benzene rings is 1. The van der Waals surface area contributed by atoms with Crippen LogP contribution in [0.2, 0.25) is 0 Å². The van der Waals surface area contributed by atoms with Gasteiger partial charge in [-0.2, -0.15) is 4.80 Å². The summed E-state index contributed by atoms with van der Waals surface area (Å²) in [6.07, 6.45) is 2.12. The maximum absolute atomic E-state index is 12.4. The van der Waals surface area contributed by atoms with E-state index in [4.69, 9.17) is 0 Å². The number of aryl methyl sites for hydroxylation is 1. The van der Waals surface area contributed by atoms with Crippen LogP contribution >= 0.6 is 0 Å². The van der Waals surface area contributed by atoms with Gasteiger partial charge in [-0.15, -0.1) is 10.2 Å². The van der Waals surface area contributed by atoms with Crippen LogP contribution < -0.4 is 0 Å².